The molecule has 0 atom stereocenters. The number of alkyl halides is 3. The summed E-state index contributed by atoms with van der Waals surface area (Å²) >= 11 is 0. The summed E-state index contributed by atoms with van der Waals surface area (Å²) in [7, 11) is 0. The van der Waals surface area contributed by atoms with Crippen molar-refractivity contribution in [3.05, 3.63) is 54.0 Å². The molecule has 1 aromatic heterocycles. The topological polar surface area (TPSA) is 77.8 Å². The van der Waals surface area contributed by atoms with Crippen molar-refractivity contribution in [1.82, 2.24) is 5.32 Å². The summed E-state index contributed by atoms with van der Waals surface area (Å²) in [6.45, 7) is -2.26. The first-order chi connectivity index (χ1) is 11.8. The Hall–Kier alpha value is -2.97. The average molecular weight is 357 g/mol. The van der Waals surface area contributed by atoms with Crippen molar-refractivity contribution in [3.8, 4) is 5.75 Å². The molecule has 0 aliphatic rings. The van der Waals surface area contributed by atoms with Crippen LogP contribution in [0, 0.1) is 0 Å². The lowest BCUT2D eigenvalue weighted by Gasteiger charge is -2.08. The zero-order valence-corrected chi connectivity index (χ0v) is 12.8. The second kappa shape index (κ2) is 8.22. The molecule has 0 fully saturated rings. The molecule has 2 aromatic rings. The van der Waals surface area contributed by atoms with Crippen LogP contribution >= 0.6 is 0 Å². The monoisotopic (exact) mass is 357 g/mol. The first-order valence-electron chi connectivity index (χ1n) is 7.10. The van der Waals surface area contributed by atoms with Gasteiger partial charge in [-0.1, -0.05) is 18.2 Å². The number of ether oxygens (including phenoxy) is 2. The summed E-state index contributed by atoms with van der Waals surface area (Å²) < 4.78 is 51.0. The predicted octanol–water partition coefficient (Wildman–Crippen LogP) is 2.69. The standard InChI is InChI=1S/C16H14F3NO5/c17-16(18,19)10-20-14(21)9-24-15(22)13-7-6-12(25-13)8-23-11-4-2-1-3-5-11/h1-7H,8-10H2,(H,20,21). The van der Waals surface area contributed by atoms with Gasteiger partial charge < -0.3 is 19.2 Å². The van der Waals surface area contributed by atoms with E-state index in [1.54, 1.807) is 29.6 Å². The molecule has 1 aromatic carbocycles. The number of hydrogen-bond acceptors (Lipinski definition) is 5. The van der Waals surface area contributed by atoms with Gasteiger partial charge in [-0.3, -0.25) is 4.79 Å². The Labute approximate surface area is 140 Å². The van der Waals surface area contributed by atoms with Gasteiger partial charge >= 0.3 is 12.1 Å². The highest BCUT2D eigenvalue weighted by molar-refractivity contribution is 5.88. The number of carbonyl (C=O) groups is 2. The lowest BCUT2D eigenvalue weighted by molar-refractivity contribution is -0.140. The summed E-state index contributed by atoms with van der Waals surface area (Å²) in [4.78, 5) is 22.8. The molecule has 1 N–H and O–H groups in total. The molecule has 0 aliphatic carbocycles. The SMILES string of the molecule is O=C(COC(=O)c1ccc(COc2ccccc2)o1)NCC(F)(F)F. The third kappa shape index (κ3) is 6.58. The van der Waals surface area contributed by atoms with E-state index in [4.69, 9.17) is 9.15 Å². The summed E-state index contributed by atoms with van der Waals surface area (Å²) in [6.07, 6.45) is -4.53. The van der Waals surface area contributed by atoms with Crippen LogP contribution < -0.4 is 10.1 Å². The number of nitrogens with one attached hydrogen (secondary N) is 1. The van der Waals surface area contributed by atoms with E-state index in [2.05, 4.69) is 4.74 Å². The maximum atomic E-state index is 11.9. The Morgan fingerprint density at radius 3 is 2.48 bits per heavy atom. The molecule has 6 nitrogen and oxygen atoms in total. The van der Waals surface area contributed by atoms with Gasteiger partial charge in [0.15, 0.2) is 6.61 Å². The zero-order chi connectivity index (χ0) is 18.3. The molecule has 0 spiro atoms. The molecule has 25 heavy (non-hydrogen) atoms. The van der Waals surface area contributed by atoms with Gasteiger partial charge in [0, 0.05) is 0 Å². The molecule has 1 heterocycles. The van der Waals surface area contributed by atoms with Gasteiger partial charge in [0.1, 0.15) is 24.7 Å². The molecular weight excluding hydrogens is 343 g/mol. The van der Waals surface area contributed by atoms with Crippen molar-refractivity contribution in [2.45, 2.75) is 12.8 Å². The van der Waals surface area contributed by atoms with Crippen molar-refractivity contribution in [2.24, 2.45) is 0 Å². The normalized spacial score (nSPS) is 11.0. The number of amides is 1. The number of furan rings is 1. The fourth-order valence-electron chi connectivity index (χ4n) is 1.69. The second-order valence-electron chi connectivity index (χ2n) is 4.84. The molecule has 0 saturated heterocycles. The van der Waals surface area contributed by atoms with Gasteiger partial charge in [-0.2, -0.15) is 13.2 Å². The molecule has 1 amide bonds. The molecular formula is C16H14F3NO5. The van der Waals surface area contributed by atoms with Crippen molar-refractivity contribution < 1.29 is 36.7 Å². The third-order valence-electron chi connectivity index (χ3n) is 2.81. The van der Waals surface area contributed by atoms with Crippen LogP contribution in [0.4, 0.5) is 13.2 Å². The summed E-state index contributed by atoms with van der Waals surface area (Å²) in [5.41, 5.74) is 0. The highest BCUT2D eigenvalue weighted by Gasteiger charge is 2.28. The van der Waals surface area contributed by atoms with E-state index in [0.717, 1.165) is 0 Å². The van der Waals surface area contributed by atoms with Gasteiger partial charge in [0.25, 0.3) is 5.91 Å². The maximum Gasteiger partial charge on any atom is 0.405 e. The van der Waals surface area contributed by atoms with E-state index in [0.29, 0.717) is 11.5 Å². The van der Waals surface area contributed by atoms with E-state index < -0.39 is 31.2 Å². The van der Waals surface area contributed by atoms with Gasteiger partial charge in [-0.15, -0.1) is 0 Å². The van der Waals surface area contributed by atoms with Gasteiger partial charge in [-0.05, 0) is 24.3 Å². The van der Waals surface area contributed by atoms with Gasteiger partial charge in [0.05, 0.1) is 0 Å². The lowest BCUT2D eigenvalue weighted by atomic mass is 10.3. The minimum atomic E-state index is -4.53. The Bertz CT molecular complexity index is 712. The largest absolute Gasteiger partial charge is 0.486 e. The minimum absolute atomic E-state index is 0.0728. The Morgan fingerprint density at radius 2 is 1.80 bits per heavy atom. The van der Waals surface area contributed by atoms with E-state index in [9.17, 15) is 22.8 Å². The van der Waals surface area contributed by atoms with Crippen molar-refractivity contribution >= 4 is 11.9 Å². The maximum absolute atomic E-state index is 11.9. The van der Waals surface area contributed by atoms with E-state index >= 15 is 0 Å². The Kier molecular flexibility index (Phi) is 6.04. The number of para-hydroxylation sites is 1. The highest BCUT2D eigenvalue weighted by Crippen LogP contribution is 2.15. The molecule has 134 valence electrons. The molecule has 0 radical (unpaired) electrons. The van der Waals surface area contributed by atoms with Crippen LogP contribution in [0.3, 0.4) is 0 Å². The van der Waals surface area contributed by atoms with Crippen LogP contribution in [0.5, 0.6) is 5.75 Å². The van der Waals surface area contributed by atoms with Crippen LogP contribution in [0.1, 0.15) is 16.3 Å². The smallest absolute Gasteiger partial charge is 0.405 e. The molecule has 2 rings (SSSR count). The fourth-order valence-corrected chi connectivity index (χ4v) is 1.69. The first kappa shape index (κ1) is 18.4. The number of carbonyl (C=O) groups excluding carboxylic acids is 2. The number of esters is 1. The van der Waals surface area contributed by atoms with Crippen molar-refractivity contribution in [2.75, 3.05) is 13.2 Å². The molecule has 9 heteroatoms. The quantitative estimate of drug-likeness (QED) is 0.771. The highest BCUT2D eigenvalue weighted by atomic mass is 19.4. The van der Waals surface area contributed by atoms with E-state index in [-0.39, 0.29) is 12.4 Å². The molecule has 0 aliphatic heterocycles. The van der Waals surface area contributed by atoms with Crippen LogP contribution in [-0.4, -0.2) is 31.2 Å². The molecule has 0 saturated carbocycles. The first-order valence-corrected chi connectivity index (χ1v) is 7.10. The van der Waals surface area contributed by atoms with Crippen LogP contribution in [0.2, 0.25) is 0 Å². The fraction of sp³-hybridized carbons (Fsp3) is 0.250. The minimum Gasteiger partial charge on any atom is -0.486 e. The number of rotatable bonds is 7. The van der Waals surface area contributed by atoms with Crippen LogP contribution in [0.15, 0.2) is 46.9 Å². The Morgan fingerprint density at radius 1 is 1.08 bits per heavy atom. The second-order valence-corrected chi connectivity index (χ2v) is 4.84. The number of halogens is 3. The molecule has 0 bridgehead atoms. The Balaban J connectivity index is 1.77. The average Bonchev–Trinajstić information content (AvgIpc) is 3.05. The number of hydrogen-bond donors (Lipinski definition) is 1. The van der Waals surface area contributed by atoms with Gasteiger partial charge in [-0.25, -0.2) is 4.79 Å². The van der Waals surface area contributed by atoms with Crippen molar-refractivity contribution in [3.63, 3.8) is 0 Å². The summed E-state index contributed by atoms with van der Waals surface area (Å²) in [5.74, 6) is -1.25. The lowest BCUT2D eigenvalue weighted by Crippen LogP contribution is -2.36. The predicted molar refractivity (Wildman–Crippen MR) is 78.8 cm³/mol. The number of benzene rings is 1. The third-order valence-corrected chi connectivity index (χ3v) is 2.81. The molecule has 0 unspecified atom stereocenters. The van der Waals surface area contributed by atoms with Crippen molar-refractivity contribution in [1.29, 1.82) is 0 Å². The van der Waals surface area contributed by atoms with Crippen LogP contribution in [0.25, 0.3) is 0 Å². The van der Waals surface area contributed by atoms with Crippen LogP contribution in [-0.2, 0) is 16.1 Å². The summed E-state index contributed by atoms with van der Waals surface area (Å²) in [5, 5.41) is 1.58. The van der Waals surface area contributed by atoms with E-state index in [1.165, 1.54) is 12.1 Å². The summed E-state index contributed by atoms with van der Waals surface area (Å²) in [6, 6.07) is 11.7. The van der Waals surface area contributed by atoms with Gasteiger partial charge in [0.2, 0.25) is 5.76 Å². The van der Waals surface area contributed by atoms with E-state index in [1.807, 2.05) is 6.07 Å². The zero-order valence-electron chi connectivity index (χ0n) is 12.8.